The molecule has 0 bridgehead atoms. The van der Waals surface area contributed by atoms with Gasteiger partial charge in [0.2, 0.25) is 0 Å². The minimum atomic E-state index is -2.44. The van der Waals surface area contributed by atoms with E-state index in [-0.39, 0.29) is 11.9 Å². The predicted molar refractivity (Wildman–Crippen MR) is 66.0 cm³/mol. The number of carbonyl (C=O) groups excluding carboxylic acids is 1. The third-order valence-electron chi connectivity index (χ3n) is 2.81. The fourth-order valence-corrected chi connectivity index (χ4v) is 1.57. The summed E-state index contributed by atoms with van der Waals surface area (Å²) in [6.45, 7) is 1.40. The normalized spacial score (nSPS) is 16.4. The van der Waals surface area contributed by atoms with Gasteiger partial charge in [-0.25, -0.2) is 8.78 Å². The summed E-state index contributed by atoms with van der Waals surface area (Å²) in [7, 11) is 0. The van der Waals surface area contributed by atoms with Crippen molar-refractivity contribution in [2.24, 2.45) is 0 Å². The van der Waals surface area contributed by atoms with Crippen LogP contribution >= 0.6 is 0 Å². The Balaban J connectivity index is 2.01. The summed E-state index contributed by atoms with van der Waals surface area (Å²) in [5.41, 5.74) is 1.03. The molecule has 1 atom stereocenters. The quantitative estimate of drug-likeness (QED) is 0.848. The third kappa shape index (κ3) is 3.42. The number of hydrogen-bond acceptors (Lipinski definition) is 2. The Morgan fingerprint density at radius 3 is 2.72 bits per heavy atom. The van der Waals surface area contributed by atoms with Crippen LogP contribution in [0.25, 0.3) is 0 Å². The molecule has 0 aromatic heterocycles. The van der Waals surface area contributed by atoms with E-state index in [1.54, 1.807) is 24.3 Å². The first-order valence-electron chi connectivity index (χ1n) is 6.02. The van der Waals surface area contributed by atoms with Gasteiger partial charge in [0.05, 0.1) is 6.04 Å². The number of nitrogens with one attached hydrogen (secondary N) is 2. The van der Waals surface area contributed by atoms with E-state index in [0.29, 0.717) is 11.3 Å². The van der Waals surface area contributed by atoms with Gasteiger partial charge in [-0.1, -0.05) is 6.07 Å². The van der Waals surface area contributed by atoms with E-state index in [2.05, 4.69) is 10.6 Å². The Morgan fingerprint density at radius 1 is 1.39 bits per heavy atom. The summed E-state index contributed by atoms with van der Waals surface area (Å²) < 4.78 is 24.8. The number of benzene rings is 1. The zero-order valence-corrected chi connectivity index (χ0v) is 10.1. The predicted octanol–water partition coefficient (Wildman–Crippen LogP) is 2.64. The lowest BCUT2D eigenvalue weighted by Crippen LogP contribution is -2.26. The van der Waals surface area contributed by atoms with E-state index in [9.17, 15) is 13.6 Å². The monoisotopic (exact) mass is 254 g/mol. The Kier molecular flexibility index (Phi) is 3.79. The second-order valence-corrected chi connectivity index (χ2v) is 4.60. The second kappa shape index (κ2) is 5.33. The van der Waals surface area contributed by atoms with Crippen LogP contribution in [0.15, 0.2) is 24.3 Å². The first-order chi connectivity index (χ1) is 8.56. The summed E-state index contributed by atoms with van der Waals surface area (Å²) >= 11 is 0. The van der Waals surface area contributed by atoms with Crippen LogP contribution < -0.4 is 10.6 Å². The van der Waals surface area contributed by atoms with Crippen molar-refractivity contribution in [3.8, 4) is 0 Å². The van der Waals surface area contributed by atoms with Gasteiger partial charge in [-0.15, -0.1) is 0 Å². The fraction of sp³-hybridized carbons (Fsp3) is 0.462. The summed E-state index contributed by atoms with van der Waals surface area (Å²) in [5, 5.41) is 5.53. The van der Waals surface area contributed by atoms with Crippen molar-refractivity contribution in [3.05, 3.63) is 29.8 Å². The van der Waals surface area contributed by atoms with Crippen LogP contribution in [-0.2, 0) is 0 Å². The molecule has 3 nitrogen and oxygen atoms in total. The van der Waals surface area contributed by atoms with E-state index in [1.807, 2.05) is 0 Å². The van der Waals surface area contributed by atoms with Crippen molar-refractivity contribution < 1.29 is 13.6 Å². The molecule has 1 saturated carbocycles. The van der Waals surface area contributed by atoms with Gasteiger partial charge in [0.1, 0.15) is 0 Å². The fourth-order valence-electron chi connectivity index (χ4n) is 1.57. The SMILES string of the molecule is CC(Nc1cccc(C(=O)NC2CC2)c1)C(F)F. The summed E-state index contributed by atoms with van der Waals surface area (Å²) in [4.78, 5) is 11.8. The third-order valence-corrected chi connectivity index (χ3v) is 2.81. The molecule has 0 saturated heterocycles. The number of rotatable bonds is 5. The van der Waals surface area contributed by atoms with Crippen molar-refractivity contribution in [2.45, 2.75) is 38.3 Å². The highest BCUT2D eigenvalue weighted by atomic mass is 19.3. The zero-order valence-electron chi connectivity index (χ0n) is 10.1. The highest BCUT2D eigenvalue weighted by Crippen LogP contribution is 2.20. The number of halogens is 2. The van der Waals surface area contributed by atoms with Crippen molar-refractivity contribution in [1.82, 2.24) is 5.32 Å². The summed E-state index contributed by atoms with van der Waals surface area (Å²) in [6, 6.07) is 5.97. The van der Waals surface area contributed by atoms with Crippen LogP contribution in [0.5, 0.6) is 0 Å². The summed E-state index contributed by atoms with van der Waals surface area (Å²) in [5.74, 6) is -0.147. The number of anilines is 1. The van der Waals surface area contributed by atoms with Gasteiger partial charge >= 0.3 is 0 Å². The molecule has 5 heteroatoms. The lowest BCUT2D eigenvalue weighted by Gasteiger charge is -2.14. The molecule has 0 radical (unpaired) electrons. The molecule has 0 aliphatic heterocycles. The molecule has 0 spiro atoms. The number of hydrogen-bond donors (Lipinski definition) is 2. The van der Waals surface area contributed by atoms with Gasteiger partial charge in [-0.05, 0) is 38.0 Å². The highest BCUT2D eigenvalue weighted by Gasteiger charge is 2.23. The van der Waals surface area contributed by atoms with Gasteiger partial charge in [0.25, 0.3) is 12.3 Å². The van der Waals surface area contributed by atoms with Gasteiger partial charge < -0.3 is 10.6 Å². The lowest BCUT2D eigenvalue weighted by atomic mass is 10.1. The molecule has 2 N–H and O–H groups in total. The van der Waals surface area contributed by atoms with E-state index >= 15 is 0 Å². The number of carbonyl (C=O) groups is 1. The van der Waals surface area contributed by atoms with Gasteiger partial charge in [0.15, 0.2) is 0 Å². The lowest BCUT2D eigenvalue weighted by molar-refractivity contribution is 0.0951. The van der Waals surface area contributed by atoms with E-state index < -0.39 is 12.5 Å². The van der Waals surface area contributed by atoms with E-state index in [0.717, 1.165) is 12.8 Å². The van der Waals surface area contributed by atoms with Crippen molar-refractivity contribution >= 4 is 11.6 Å². The molecule has 1 aliphatic rings. The molecule has 18 heavy (non-hydrogen) atoms. The molecular formula is C13H16F2N2O. The van der Waals surface area contributed by atoms with Crippen LogP contribution in [-0.4, -0.2) is 24.4 Å². The Bertz CT molecular complexity index is 433. The molecule has 1 aromatic carbocycles. The molecule has 1 aromatic rings. The zero-order chi connectivity index (χ0) is 13.1. The topological polar surface area (TPSA) is 41.1 Å². The van der Waals surface area contributed by atoms with Crippen LogP contribution in [0.1, 0.15) is 30.1 Å². The van der Waals surface area contributed by atoms with Crippen molar-refractivity contribution in [1.29, 1.82) is 0 Å². The maximum absolute atomic E-state index is 12.4. The minimum Gasteiger partial charge on any atom is -0.377 e. The van der Waals surface area contributed by atoms with Crippen LogP contribution in [0.4, 0.5) is 14.5 Å². The average molecular weight is 254 g/mol. The second-order valence-electron chi connectivity index (χ2n) is 4.60. The molecule has 98 valence electrons. The maximum atomic E-state index is 12.4. The summed E-state index contributed by atoms with van der Waals surface area (Å²) in [6.07, 6.45) is -0.396. The number of alkyl halides is 2. The van der Waals surface area contributed by atoms with Gasteiger partial charge in [0, 0.05) is 17.3 Å². The smallest absolute Gasteiger partial charge is 0.258 e. The van der Waals surface area contributed by atoms with E-state index in [1.165, 1.54) is 6.92 Å². The standard InChI is InChI=1S/C13H16F2N2O/c1-8(12(14)15)16-11-4-2-3-9(7-11)13(18)17-10-5-6-10/h2-4,7-8,10,12,16H,5-6H2,1H3,(H,17,18). The van der Waals surface area contributed by atoms with Gasteiger partial charge in [-0.3, -0.25) is 4.79 Å². The molecule has 1 fully saturated rings. The van der Waals surface area contributed by atoms with Crippen molar-refractivity contribution in [2.75, 3.05) is 5.32 Å². The maximum Gasteiger partial charge on any atom is 0.258 e. The molecular weight excluding hydrogens is 238 g/mol. The highest BCUT2D eigenvalue weighted by molar-refractivity contribution is 5.95. The van der Waals surface area contributed by atoms with Crippen LogP contribution in [0.3, 0.4) is 0 Å². The first-order valence-corrected chi connectivity index (χ1v) is 6.02. The molecule has 2 rings (SSSR count). The first kappa shape index (κ1) is 12.8. The molecule has 1 unspecified atom stereocenters. The Morgan fingerprint density at radius 2 is 2.11 bits per heavy atom. The molecule has 0 heterocycles. The molecule has 1 aliphatic carbocycles. The average Bonchev–Trinajstić information content (AvgIpc) is 3.13. The minimum absolute atomic E-state index is 0.147. The Labute approximate surface area is 105 Å². The number of amides is 1. The largest absolute Gasteiger partial charge is 0.377 e. The van der Waals surface area contributed by atoms with Gasteiger partial charge in [-0.2, -0.15) is 0 Å². The van der Waals surface area contributed by atoms with E-state index in [4.69, 9.17) is 0 Å². The molecule has 1 amide bonds. The van der Waals surface area contributed by atoms with Crippen molar-refractivity contribution in [3.63, 3.8) is 0 Å². The Hall–Kier alpha value is -1.65. The van der Waals surface area contributed by atoms with Crippen LogP contribution in [0, 0.1) is 0 Å². The van der Waals surface area contributed by atoms with Crippen LogP contribution in [0.2, 0.25) is 0 Å².